The lowest BCUT2D eigenvalue weighted by molar-refractivity contribution is 0.107. The van der Waals surface area contributed by atoms with Crippen LogP contribution in [0.5, 0.6) is 11.5 Å². The zero-order valence-electron chi connectivity index (χ0n) is 17.2. The third-order valence-electron chi connectivity index (χ3n) is 4.49. The molecule has 0 aliphatic rings. The van der Waals surface area contributed by atoms with Gasteiger partial charge in [-0.1, -0.05) is 36.4 Å². The first-order chi connectivity index (χ1) is 14.7. The molecule has 3 aromatic rings. The van der Waals surface area contributed by atoms with Crippen molar-refractivity contribution in [2.24, 2.45) is 0 Å². The lowest BCUT2D eigenvalue weighted by Gasteiger charge is -2.10. The quantitative estimate of drug-likeness (QED) is 0.538. The minimum Gasteiger partial charge on any atom is -0.497 e. The molecule has 156 valence electrons. The molecule has 0 radical (unpaired) electrons. The van der Waals surface area contributed by atoms with E-state index < -0.39 is 0 Å². The van der Waals surface area contributed by atoms with Gasteiger partial charge in [0.15, 0.2) is 0 Å². The molecule has 0 bridgehead atoms. The summed E-state index contributed by atoms with van der Waals surface area (Å²) >= 11 is 0. The lowest BCUT2D eigenvalue weighted by atomic mass is 10.2. The summed E-state index contributed by atoms with van der Waals surface area (Å²) in [5.74, 6) is 1.61. The zero-order valence-corrected chi connectivity index (χ0v) is 17.2. The van der Waals surface area contributed by atoms with Crippen molar-refractivity contribution in [3.8, 4) is 11.5 Å². The number of rotatable bonds is 9. The molecule has 0 spiro atoms. The number of benzene rings is 3. The van der Waals surface area contributed by atoms with Crippen LogP contribution in [0.3, 0.4) is 0 Å². The van der Waals surface area contributed by atoms with Gasteiger partial charge in [0.2, 0.25) is 0 Å². The molecule has 3 rings (SSSR count). The van der Waals surface area contributed by atoms with E-state index in [1.165, 1.54) is 0 Å². The third kappa shape index (κ3) is 6.53. The maximum Gasteiger partial charge on any atom is 0.319 e. The van der Waals surface area contributed by atoms with E-state index in [0.717, 1.165) is 28.2 Å². The molecule has 0 unspecified atom stereocenters. The molecular formula is C24H26N2O4. The minimum atomic E-state index is -0.262. The van der Waals surface area contributed by atoms with Crippen LogP contribution in [0.4, 0.5) is 10.5 Å². The van der Waals surface area contributed by atoms with Crippen molar-refractivity contribution in [1.82, 2.24) is 5.32 Å². The number of hydrogen-bond acceptors (Lipinski definition) is 4. The second kappa shape index (κ2) is 10.9. The van der Waals surface area contributed by atoms with E-state index in [4.69, 9.17) is 14.2 Å². The Hall–Kier alpha value is -3.51. The van der Waals surface area contributed by atoms with E-state index in [1.807, 2.05) is 72.8 Å². The average Bonchev–Trinajstić information content (AvgIpc) is 2.79. The van der Waals surface area contributed by atoms with Gasteiger partial charge < -0.3 is 24.8 Å². The molecule has 0 aromatic heterocycles. The highest BCUT2D eigenvalue weighted by Gasteiger charge is 2.04. The number of nitrogens with one attached hydrogen (secondary N) is 2. The van der Waals surface area contributed by atoms with Crippen LogP contribution in [0.25, 0.3) is 0 Å². The lowest BCUT2D eigenvalue weighted by Crippen LogP contribution is -2.28. The second-order valence-corrected chi connectivity index (χ2v) is 6.70. The molecule has 2 N–H and O–H groups in total. The fourth-order valence-corrected chi connectivity index (χ4v) is 2.85. The van der Waals surface area contributed by atoms with Gasteiger partial charge in [0.05, 0.1) is 27.4 Å². The summed E-state index contributed by atoms with van der Waals surface area (Å²) in [5, 5.41) is 5.70. The number of amides is 2. The summed E-state index contributed by atoms with van der Waals surface area (Å²) in [5.41, 5.74) is 3.76. The first kappa shape index (κ1) is 21.2. The Balaban J connectivity index is 1.44. The van der Waals surface area contributed by atoms with Crippen molar-refractivity contribution in [1.29, 1.82) is 0 Å². The van der Waals surface area contributed by atoms with Gasteiger partial charge >= 0.3 is 6.03 Å². The van der Waals surface area contributed by atoms with Crippen LogP contribution in [-0.4, -0.2) is 20.3 Å². The maximum absolute atomic E-state index is 12.2. The molecular weight excluding hydrogens is 380 g/mol. The van der Waals surface area contributed by atoms with Crippen LogP contribution in [0.1, 0.15) is 16.7 Å². The highest BCUT2D eigenvalue weighted by molar-refractivity contribution is 5.89. The molecule has 0 fully saturated rings. The van der Waals surface area contributed by atoms with Crippen molar-refractivity contribution < 1.29 is 19.0 Å². The molecule has 0 saturated heterocycles. The number of hydrogen-bond donors (Lipinski definition) is 2. The first-order valence-electron chi connectivity index (χ1n) is 9.63. The van der Waals surface area contributed by atoms with Gasteiger partial charge in [-0.15, -0.1) is 0 Å². The SMILES string of the molecule is COc1ccc(CNC(=O)Nc2cccc(COCc3ccc(OC)cc3)c2)cc1. The average molecular weight is 406 g/mol. The fourth-order valence-electron chi connectivity index (χ4n) is 2.85. The van der Waals surface area contributed by atoms with Crippen LogP contribution >= 0.6 is 0 Å². The third-order valence-corrected chi connectivity index (χ3v) is 4.49. The predicted octanol–water partition coefficient (Wildman–Crippen LogP) is 4.74. The van der Waals surface area contributed by atoms with Gasteiger partial charge in [-0.2, -0.15) is 0 Å². The zero-order chi connectivity index (χ0) is 21.2. The van der Waals surface area contributed by atoms with E-state index in [-0.39, 0.29) is 6.03 Å². The summed E-state index contributed by atoms with van der Waals surface area (Å²) in [6.45, 7) is 1.39. The van der Waals surface area contributed by atoms with E-state index in [2.05, 4.69) is 10.6 Å². The Morgan fingerprint density at radius 3 is 2.00 bits per heavy atom. The van der Waals surface area contributed by atoms with Gasteiger partial charge in [-0.05, 0) is 53.1 Å². The summed E-state index contributed by atoms with van der Waals surface area (Å²) < 4.78 is 16.1. The first-order valence-corrected chi connectivity index (χ1v) is 9.63. The van der Waals surface area contributed by atoms with Gasteiger partial charge in [-0.25, -0.2) is 4.79 Å². The summed E-state index contributed by atoms with van der Waals surface area (Å²) in [6, 6.07) is 22.7. The summed E-state index contributed by atoms with van der Waals surface area (Å²) in [4.78, 5) is 12.2. The maximum atomic E-state index is 12.2. The number of urea groups is 1. The molecule has 0 atom stereocenters. The molecule has 3 aromatic carbocycles. The van der Waals surface area contributed by atoms with Crippen LogP contribution in [0.2, 0.25) is 0 Å². The molecule has 0 aliphatic carbocycles. The number of ether oxygens (including phenoxy) is 3. The molecule has 6 heteroatoms. The van der Waals surface area contributed by atoms with E-state index in [0.29, 0.717) is 25.4 Å². The van der Waals surface area contributed by atoms with Crippen molar-refractivity contribution >= 4 is 11.7 Å². The predicted molar refractivity (Wildman–Crippen MR) is 117 cm³/mol. The Kier molecular flexibility index (Phi) is 7.69. The number of anilines is 1. The van der Waals surface area contributed by atoms with Crippen molar-refractivity contribution in [3.05, 3.63) is 89.5 Å². The number of methoxy groups -OCH3 is 2. The molecule has 0 saturated carbocycles. The molecule has 0 aliphatic heterocycles. The Morgan fingerprint density at radius 1 is 0.767 bits per heavy atom. The largest absolute Gasteiger partial charge is 0.497 e. The second-order valence-electron chi connectivity index (χ2n) is 6.70. The van der Waals surface area contributed by atoms with Gasteiger partial charge in [0, 0.05) is 12.2 Å². The molecule has 2 amide bonds. The Bertz CT molecular complexity index is 940. The van der Waals surface area contributed by atoms with Gasteiger partial charge in [0.25, 0.3) is 0 Å². The Morgan fingerprint density at radius 2 is 1.37 bits per heavy atom. The monoisotopic (exact) mass is 406 g/mol. The van der Waals surface area contributed by atoms with E-state index in [9.17, 15) is 4.79 Å². The Labute approximate surface area is 176 Å². The van der Waals surface area contributed by atoms with Gasteiger partial charge in [0.1, 0.15) is 11.5 Å². The van der Waals surface area contributed by atoms with Gasteiger partial charge in [-0.3, -0.25) is 0 Å². The normalized spacial score (nSPS) is 10.3. The fraction of sp³-hybridized carbons (Fsp3) is 0.208. The summed E-state index contributed by atoms with van der Waals surface area (Å²) in [6.07, 6.45) is 0. The van der Waals surface area contributed by atoms with E-state index >= 15 is 0 Å². The van der Waals surface area contributed by atoms with Crippen molar-refractivity contribution in [2.45, 2.75) is 19.8 Å². The summed E-state index contributed by atoms with van der Waals surface area (Å²) in [7, 11) is 3.27. The minimum absolute atomic E-state index is 0.262. The standard InChI is InChI=1S/C24H26N2O4/c1-28-22-10-6-18(7-11-22)15-25-24(27)26-21-5-3-4-20(14-21)17-30-16-19-8-12-23(29-2)13-9-19/h3-14H,15-17H2,1-2H3,(H2,25,26,27). The van der Waals surface area contributed by atoms with Crippen LogP contribution in [-0.2, 0) is 24.5 Å². The molecule has 6 nitrogen and oxygen atoms in total. The number of carbonyl (C=O) groups is 1. The topological polar surface area (TPSA) is 68.8 Å². The van der Waals surface area contributed by atoms with E-state index in [1.54, 1.807) is 14.2 Å². The van der Waals surface area contributed by atoms with Crippen molar-refractivity contribution in [3.63, 3.8) is 0 Å². The van der Waals surface area contributed by atoms with Crippen molar-refractivity contribution in [2.75, 3.05) is 19.5 Å². The highest BCUT2D eigenvalue weighted by atomic mass is 16.5. The molecule has 30 heavy (non-hydrogen) atoms. The van der Waals surface area contributed by atoms with Crippen LogP contribution in [0.15, 0.2) is 72.8 Å². The van der Waals surface area contributed by atoms with Crippen LogP contribution in [0, 0.1) is 0 Å². The highest BCUT2D eigenvalue weighted by Crippen LogP contribution is 2.15. The smallest absolute Gasteiger partial charge is 0.319 e. The molecule has 0 heterocycles. The number of carbonyl (C=O) groups excluding carboxylic acids is 1. The van der Waals surface area contributed by atoms with Crippen LogP contribution < -0.4 is 20.1 Å².